The molecule has 0 spiro atoms. The molecule has 0 aliphatic carbocycles. The zero-order valence-corrected chi connectivity index (χ0v) is 11.9. The van der Waals surface area contributed by atoms with Crippen LogP contribution in [0.1, 0.15) is 16.8 Å². The van der Waals surface area contributed by atoms with Gasteiger partial charge in [-0.15, -0.1) is 0 Å². The van der Waals surface area contributed by atoms with Gasteiger partial charge in [-0.2, -0.15) is 11.8 Å². The molecule has 1 unspecified atom stereocenters. The van der Waals surface area contributed by atoms with E-state index in [0.29, 0.717) is 27.8 Å². The van der Waals surface area contributed by atoms with Crippen molar-refractivity contribution in [2.45, 2.75) is 12.0 Å². The second-order valence-corrected chi connectivity index (χ2v) is 6.28. The minimum Gasteiger partial charge on any atom is -0.387 e. The summed E-state index contributed by atoms with van der Waals surface area (Å²) in [6.07, 6.45) is 0.701. The van der Waals surface area contributed by atoms with E-state index >= 15 is 0 Å². The molecule has 1 saturated heterocycles. The summed E-state index contributed by atoms with van der Waals surface area (Å²) in [5.41, 5.74) is -0.422. The number of thioether (sulfide) groups is 1. The zero-order chi connectivity index (χ0) is 13.2. The SMILES string of the molecule is O=C(NCC1(O)CCSC1)c1ccc(Cl)cc1Cl. The topological polar surface area (TPSA) is 49.3 Å². The highest BCUT2D eigenvalue weighted by Crippen LogP contribution is 2.27. The van der Waals surface area contributed by atoms with Crippen LogP contribution >= 0.6 is 35.0 Å². The van der Waals surface area contributed by atoms with Crippen LogP contribution < -0.4 is 5.32 Å². The van der Waals surface area contributed by atoms with Gasteiger partial charge >= 0.3 is 0 Å². The molecule has 1 aromatic rings. The van der Waals surface area contributed by atoms with Crippen LogP contribution in [0.3, 0.4) is 0 Å². The molecule has 18 heavy (non-hydrogen) atoms. The number of carbonyl (C=O) groups is 1. The Morgan fingerprint density at radius 3 is 2.89 bits per heavy atom. The van der Waals surface area contributed by atoms with Crippen LogP contribution in [0.5, 0.6) is 0 Å². The number of rotatable bonds is 3. The van der Waals surface area contributed by atoms with Crippen molar-refractivity contribution in [1.82, 2.24) is 5.32 Å². The molecule has 2 rings (SSSR count). The summed E-state index contributed by atoms with van der Waals surface area (Å²) in [6.45, 7) is 0.248. The number of amides is 1. The summed E-state index contributed by atoms with van der Waals surface area (Å²) in [7, 11) is 0. The molecule has 1 aliphatic heterocycles. The number of hydrogen-bond donors (Lipinski definition) is 2. The lowest BCUT2D eigenvalue weighted by Crippen LogP contribution is -2.43. The Labute approximate surface area is 120 Å². The highest BCUT2D eigenvalue weighted by Gasteiger charge is 2.32. The van der Waals surface area contributed by atoms with E-state index in [1.807, 2.05) is 0 Å². The fraction of sp³-hybridized carbons (Fsp3) is 0.417. The fourth-order valence-electron chi connectivity index (χ4n) is 1.75. The molecule has 1 aliphatic rings. The molecule has 0 aromatic heterocycles. The average Bonchev–Trinajstić information content (AvgIpc) is 2.74. The highest BCUT2D eigenvalue weighted by atomic mass is 35.5. The third kappa shape index (κ3) is 3.32. The van der Waals surface area contributed by atoms with Gasteiger partial charge in [0.1, 0.15) is 0 Å². The van der Waals surface area contributed by atoms with Gasteiger partial charge in [0.25, 0.3) is 5.91 Å². The van der Waals surface area contributed by atoms with E-state index in [9.17, 15) is 9.90 Å². The predicted molar refractivity (Wildman–Crippen MR) is 75.7 cm³/mol. The van der Waals surface area contributed by atoms with E-state index in [-0.39, 0.29) is 12.5 Å². The van der Waals surface area contributed by atoms with Crippen molar-refractivity contribution in [3.8, 4) is 0 Å². The minimum atomic E-state index is -0.792. The normalized spacial score (nSPS) is 23.1. The molecule has 1 atom stereocenters. The Kier molecular flexibility index (Phi) is 4.43. The van der Waals surface area contributed by atoms with E-state index in [1.54, 1.807) is 23.9 Å². The van der Waals surface area contributed by atoms with E-state index in [1.165, 1.54) is 6.07 Å². The number of hydrogen-bond acceptors (Lipinski definition) is 3. The molecule has 1 amide bonds. The molecule has 0 bridgehead atoms. The van der Waals surface area contributed by atoms with Crippen LogP contribution in [0.15, 0.2) is 18.2 Å². The van der Waals surface area contributed by atoms with E-state index < -0.39 is 5.60 Å². The smallest absolute Gasteiger partial charge is 0.252 e. The maximum absolute atomic E-state index is 11.9. The lowest BCUT2D eigenvalue weighted by atomic mass is 10.0. The number of aliphatic hydroxyl groups is 1. The largest absolute Gasteiger partial charge is 0.387 e. The molecule has 2 N–H and O–H groups in total. The maximum atomic E-state index is 11.9. The van der Waals surface area contributed by atoms with Crippen molar-refractivity contribution in [3.05, 3.63) is 33.8 Å². The summed E-state index contributed by atoms with van der Waals surface area (Å²) >= 11 is 13.4. The van der Waals surface area contributed by atoms with Crippen LogP contribution in [-0.4, -0.2) is 34.7 Å². The predicted octanol–water partition coefficient (Wildman–Crippen LogP) is 2.59. The van der Waals surface area contributed by atoms with Gasteiger partial charge in [-0.25, -0.2) is 0 Å². The second kappa shape index (κ2) is 5.70. The van der Waals surface area contributed by atoms with Crippen LogP contribution in [0.2, 0.25) is 10.0 Å². The molecule has 98 valence electrons. The van der Waals surface area contributed by atoms with Crippen molar-refractivity contribution < 1.29 is 9.90 Å². The fourth-order valence-corrected chi connectivity index (χ4v) is 3.54. The Morgan fingerprint density at radius 2 is 2.28 bits per heavy atom. The van der Waals surface area contributed by atoms with Crippen LogP contribution in [0.25, 0.3) is 0 Å². The molecular formula is C12H13Cl2NO2S. The lowest BCUT2D eigenvalue weighted by Gasteiger charge is -2.21. The molecule has 0 radical (unpaired) electrons. The first kappa shape index (κ1) is 14.0. The van der Waals surface area contributed by atoms with Gasteiger partial charge in [0, 0.05) is 17.3 Å². The second-order valence-electron chi connectivity index (χ2n) is 4.33. The van der Waals surface area contributed by atoms with Gasteiger partial charge in [-0.05, 0) is 30.4 Å². The van der Waals surface area contributed by atoms with Crippen molar-refractivity contribution in [1.29, 1.82) is 0 Å². The van der Waals surface area contributed by atoms with E-state index in [4.69, 9.17) is 23.2 Å². The number of benzene rings is 1. The first-order chi connectivity index (χ1) is 8.50. The number of carbonyl (C=O) groups excluding carboxylic acids is 1. The summed E-state index contributed by atoms with van der Waals surface area (Å²) < 4.78 is 0. The van der Waals surface area contributed by atoms with Gasteiger partial charge in [-0.1, -0.05) is 23.2 Å². The first-order valence-electron chi connectivity index (χ1n) is 5.54. The van der Waals surface area contributed by atoms with E-state index in [2.05, 4.69) is 5.32 Å². The van der Waals surface area contributed by atoms with Crippen LogP contribution in [-0.2, 0) is 0 Å². The summed E-state index contributed by atoms with van der Waals surface area (Å²) in [5, 5.41) is 13.6. The standard InChI is InChI=1S/C12H13Cl2NO2S/c13-8-1-2-9(10(14)5-8)11(16)15-6-12(17)3-4-18-7-12/h1-2,5,17H,3-4,6-7H2,(H,15,16). The average molecular weight is 306 g/mol. The summed E-state index contributed by atoms with van der Waals surface area (Å²) in [4.78, 5) is 11.9. The third-order valence-electron chi connectivity index (χ3n) is 2.84. The Bertz CT molecular complexity index is 461. The molecule has 1 fully saturated rings. The monoisotopic (exact) mass is 305 g/mol. The first-order valence-corrected chi connectivity index (χ1v) is 7.45. The number of halogens is 2. The lowest BCUT2D eigenvalue weighted by molar-refractivity contribution is 0.0612. The Hall–Kier alpha value is -0.420. The molecule has 6 heteroatoms. The number of nitrogens with one attached hydrogen (secondary N) is 1. The van der Waals surface area contributed by atoms with Crippen molar-refractivity contribution >= 4 is 40.9 Å². The van der Waals surface area contributed by atoms with E-state index in [0.717, 1.165) is 5.75 Å². The third-order valence-corrected chi connectivity index (χ3v) is 4.62. The van der Waals surface area contributed by atoms with Gasteiger partial charge in [-0.3, -0.25) is 4.79 Å². The maximum Gasteiger partial charge on any atom is 0.252 e. The molecule has 3 nitrogen and oxygen atoms in total. The van der Waals surface area contributed by atoms with Gasteiger partial charge in [0.05, 0.1) is 16.2 Å². The van der Waals surface area contributed by atoms with Crippen LogP contribution in [0.4, 0.5) is 0 Å². The summed E-state index contributed by atoms with van der Waals surface area (Å²) in [6, 6.07) is 4.72. The van der Waals surface area contributed by atoms with Crippen molar-refractivity contribution in [2.75, 3.05) is 18.1 Å². The van der Waals surface area contributed by atoms with Crippen molar-refractivity contribution in [2.24, 2.45) is 0 Å². The quantitative estimate of drug-likeness (QED) is 0.902. The zero-order valence-electron chi connectivity index (χ0n) is 9.58. The van der Waals surface area contributed by atoms with Gasteiger partial charge in [0.15, 0.2) is 0 Å². The molecule has 1 heterocycles. The van der Waals surface area contributed by atoms with Gasteiger partial charge < -0.3 is 10.4 Å². The Morgan fingerprint density at radius 1 is 1.50 bits per heavy atom. The highest BCUT2D eigenvalue weighted by molar-refractivity contribution is 7.99. The molecule has 1 aromatic carbocycles. The molecule has 0 saturated carbocycles. The summed E-state index contributed by atoms with van der Waals surface area (Å²) in [5.74, 6) is 1.29. The Balaban J connectivity index is 1.99. The molecular weight excluding hydrogens is 293 g/mol. The van der Waals surface area contributed by atoms with Gasteiger partial charge in [0.2, 0.25) is 0 Å². The minimum absolute atomic E-state index is 0.248. The van der Waals surface area contributed by atoms with Crippen LogP contribution in [0, 0.1) is 0 Å². The van der Waals surface area contributed by atoms with Crippen molar-refractivity contribution in [3.63, 3.8) is 0 Å².